The maximum absolute atomic E-state index is 12.8. The third-order valence-corrected chi connectivity index (χ3v) is 3.15. The Bertz CT molecular complexity index is 463. The van der Waals surface area contributed by atoms with E-state index >= 15 is 0 Å². The van der Waals surface area contributed by atoms with Gasteiger partial charge in [0.25, 0.3) is 5.91 Å². The fraction of sp³-hybridized carbons (Fsp3) is 0.462. The normalized spacial score (nSPS) is 11.4. The highest BCUT2D eigenvalue weighted by atomic mass is 79.9. The average molecular weight is 354 g/mol. The lowest BCUT2D eigenvalue weighted by molar-refractivity contribution is -0.138. The van der Waals surface area contributed by atoms with Crippen molar-refractivity contribution in [3.05, 3.63) is 33.8 Å². The second-order valence-electron chi connectivity index (χ2n) is 4.23. The van der Waals surface area contributed by atoms with Crippen molar-refractivity contribution in [2.24, 2.45) is 0 Å². The van der Waals surface area contributed by atoms with Crippen LogP contribution in [0.25, 0.3) is 0 Å². The average Bonchev–Trinajstić information content (AvgIpc) is 2.37. The highest BCUT2D eigenvalue weighted by Gasteiger charge is 2.35. The fourth-order valence-corrected chi connectivity index (χ4v) is 2.02. The number of rotatable bonds is 6. The van der Waals surface area contributed by atoms with Crippen LogP contribution in [0.2, 0.25) is 0 Å². The maximum atomic E-state index is 12.8. The molecule has 0 aliphatic carbocycles. The van der Waals surface area contributed by atoms with Crippen molar-refractivity contribution < 1.29 is 23.1 Å². The molecule has 20 heavy (non-hydrogen) atoms. The summed E-state index contributed by atoms with van der Waals surface area (Å²) in [5, 5.41) is 11.0. The van der Waals surface area contributed by atoms with E-state index in [9.17, 15) is 18.0 Å². The van der Waals surface area contributed by atoms with Crippen LogP contribution >= 0.6 is 15.9 Å². The number of benzene rings is 1. The molecule has 2 N–H and O–H groups in total. The summed E-state index contributed by atoms with van der Waals surface area (Å²) in [7, 11) is 0. The van der Waals surface area contributed by atoms with Gasteiger partial charge < -0.3 is 10.4 Å². The molecule has 0 saturated heterocycles. The number of nitrogens with one attached hydrogen (secondary N) is 1. The molecule has 0 aromatic heterocycles. The van der Waals surface area contributed by atoms with Gasteiger partial charge in [0, 0.05) is 17.6 Å². The van der Waals surface area contributed by atoms with Gasteiger partial charge in [0.05, 0.1) is 11.1 Å². The molecule has 0 atom stereocenters. The Morgan fingerprint density at radius 2 is 1.95 bits per heavy atom. The number of hydrogen-bond donors (Lipinski definition) is 2. The van der Waals surface area contributed by atoms with E-state index in [2.05, 4.69) is 21.2 Å². The zero-order valence-corrected chi connectivity index (χ0v) is 12.2. The molecule has 112 valence electrons. The van der Waals surface area contributed by atoms with Crippen LogP contribution in [-0.2, 0) is 6.18 Å². The van der Waals surface area contributed by atoms with Gasteiger partial charge in [-0.15, -0.1) is 0 Å². The Morgan fingerprint density at radius 1 is 1.25 bits per heavy atom. The number of alkyl halides is 3. The number of aliphatic hydroxyl groups excluding tert-OH is 1. The Kier molecular flexibility index (Phi) is 6.48. The van der Waals surface area contributed by atoms with E-state index in [1.54, 1.807) is 0 Å². The molecule has 0 bridgehead atoms. The van der Waals surface area contributed by atoms with E-state index in [4.69, 9.17) is 5.11 Å². The van der Waals surface area contributed by atoms with Gasteiger partial charge in [0.15, 0.2) is 0 Å². The smallest absolute Gasteiger partial charge is 0.396 e. The summed E-state index contributed by atoms with van der Waals surface area (Å²) >= 11 is 2.96. The van der Waals surface area contributed by atoms with Gasteiger partial charge in [0.1, 0.15) is 0 Å². The van der Waals surface area contributed by atoms with Crippen molar-refractivity contribution in [1.82, 2.24) is 5.32 Å². The molecule has 1 aromatic carbocycles. The van der Waals surface area contributed by atoms with Crippen LogP contribution in [0.3, 0.4) is 0 Å². The van der Waals surface area contributed by atoms with Crippen molar-refractivity contribution in [3.8, 4) is 0 Å². The number of unbranched alkanes of at least 4 members (excludes halogenated alkanes) is 2. The molecule has 1 rings (SSSR count). The summed E-state index contributed by atoms with van der Waals surface area (Å²) in [6.45, 7) is 0.352. The van der Waals surface area contributed by atoms with E-state index in [-0.39, 0.29) is 23.2 Å². The summed E-state index contributed by atoms with van der Waals surface area (Å²) in [6, 6.07) is 3.44. The Labute approximate surface area is 123 Å². The quantitative estimate of drug-likeness (QED) is 0.770. The molecule has 0 heterocycles. The molecule has 1 amide bonds. The minimum absolute atomic E-state index is 0.0683. The molecule has 0 aliphatic rings. The van der Waals surface area contributed by atoms with E-state index in [1.165, 1.54) is 6.07 Å². The van der Waals surface area contributed by atoms with E-state index < -0.39 is 17.6 Å². The summed E-state index contributed by atoms with van der Waals surface area (Å²) < 4.78 is 38.8. The lowest BCUT2D eigenvalue weighted by Crippen LogP contribution is -2.27. The minimum Gasteiger partial charge on any atom is -0.396 e. The lowest BCUT2D eigenvalue weighted by Gasteiger charge is -2.13. The zero-order chi connectivity index (χ0) is 15.2. The molecule has 1 aromatic rings. The summed E-state index contributed by atoms with van der Waals surface area (Å²) in [6.07, 6.45) is -2.64. The van der Waals surface area contributed by atoms with Gasteiger partial charge in [-0.25, -0.2) is 0 Å². The molecule has 3 nitrogen and oxygen atoms in total. The molecule has 0 aliphatic heterocycles. The second kappa shape index (κ2) is 7.64. The summed E-state index contributed by atoms with van der Waals surface area (Å²) in [5.74, 6) is -0.742. The van der Waals surface area contributed by atoms with Crippen molar-refractivity contribution in [3.63, 3.8) is 0 Å². The van der Waals surface area contributed by atoms with Gasteiger partial charge in [-0.1, -0.05) is 15.9 Å². The van der Waals surface area contributed by atoms with Crippen molar-refractivity contribution in [2.45, 2.75) is 25.4 Å². The predicted octanol–water partition coefficient (Wildman–Crippen LogP) is 3.36. The SMILES string of the molecule is O=C(NCCCCCO)c1ccc(Br)cc1C(F)(F)F. The van der Waals surface area contributed by atoms with Gasteiger partial charge in [-0.3, -0.25) is 4.79 Å². The molecular weight excluding hydrogens is 339 g/mol. The Hall–Kier alpha value is -1.08. The first-order valence-corrected chi connectivity index (χ1v) is 6.91. The van der Waals surface area contributed by atoms with Crippen molar-refractivity contribution >= 4 is 21.8 Å². The minimum atomic E-state index is -4.58. The van der Waals surface area contributed by atoms with Crippen LogP contribution in [0.5, 0.6) is 0 Å². The first-order chi connectivity index (χ1) is 9.36. The number of carbonyl (C=O) groups is 1. The van der Waals surface area contributed by atoms with Gasteiger partial charge in [0.2, 0.25) is 0 Å². The predicted molar refractivity (Wildman–Crippen MR) is 72.4 cm³/mol. The topological polar surface area (TPSA) is 49.3 Å². The summed E-state index contributed by atoms with van der Waals surface area (Å²) in [5.41, 5.74) is -1.34. The van der Waals surface area contributed by atoms with Crippen LogP contribution in [0.4, 0.5) is 13.2 Å². The third-order valence-electron chi connectivity index (χ3n) is 2.65. The Balaban J connectivity index is 2.73. The van der Waals surface area contributed by atoms with Crippen molar-refractivity contribution in [1.29, 1.82) is 0 Å². The number of hydrogen-bond acceptors (Lipinski definition) is 2. The third kappa shape index (κ3) is 5.13. The van der Waals surface area contributed by atoms with Crippen LogP contribution in [0.15, 0.2) is 22.7 Å². The highest BCUT2D eigenvalue weighted by molar-refractivity contribution is 9.10. The lowest BCUT2D eigenvalue weighted by atomic mass is 10.1. The van der Waals surface area contributed by atoms with Gasteiger partial charge in [-0.05, 0) is 37.5 Å². The zero-order valence-electron chi connectivity index (χ0n) is 10.6. The molecule has 7 heteroatoms. The van der Waals surface area contributed by atoms with Gasteiger partial charge >= 0.3 is 6.18 Å². The Morgan fingerprint density at radius 3 is 2.55 bits per heavy atom. The van der Waals surface area contributed by atoms with Crippen LogP contribution in [0, 0.1) is 0 Å². The largest absolute Gasteiger partial charge is 0.417 e. The van der Waals surface area contributed by atoms with Crippen LogP contribution in [0.1, 0.15) is 35.2 Å². The number of halogens is 4. The molecule has 0 unspecified atom stereocenters. The monoisotopic (exact) mass is 353 g/mol. The molecule has 0 fully saturated rings. The molecule has 0 spiro atoms. The number of amides is 1. The maximum Gasteiger partial charge on any atom is 0.417 e. The second-order valence-corrected chi connectivity index (χ2v) is 5.14. The first-order valence-electron chi connectivity index (χ1n) is 6.12. The number of carbonyl (C=O) groups excluding carboxylic acids is 1. The van der Waals surface area contributed by atoms with Crippen molar-refractivity contribution in [2.75, 3.05) is 13.2 Å². The summed E-state index contributed by atoms with van der Waals surface area (Å²) in [4.78, 5) is 11.8. The standard InChI is InChI=1S/C13H15BrF3NO2/c14-9-4-5-10(11(8-9)13(15,16)17)12(20)18-6-2-1-3-7-19/h4-5,8,19H,1-3,6-7H2,(H,18,20). The van der Waals surface area contributed by atoms with E-state index in [0.29, 0.717) is 19.3 Å². The van der Waals surface area contributed by atoms with Crippen LogP contribution < -0.4 is 5.32 Å². The van der Waals surface area contributed by atoms with E-state index in [1.807, 2.05) is 0 Å². The highest BCUT2D eigenvalue weighted by Crippen LogP contribution is 2.33. The van der Waals surface area contributed by atoms with E-state index in [0.717, 1.165) is 12.1 Å². The van der Waals surface area contributed by atoms with Gasteiger partial charge in [-0.2, -0.15) is 13.2 Å². The first kappa shape index (κ1) is 17.0. The molecule has 0 saturated carbocycles. The fourth-order valence-electron chi connectivity index (χ4n) is 1.66. The molecule has 0 radical (unpaired) electrons. The van der Waals surface area contributed by atoms with Crippen LogP contribution in [-0.4, -0.2) is 24.2 Å². The molecular formula is C13H15BrF3NO2. The number of aliphatic hydroxyl groups is 1.